The lowest BCUT2D eigenvalue weighted by Crippen LogP contribution is -2.51. The van der Waals surface area contributed by atoms with Gasteiger partial charge in [0.15, 0.2) is 0 Å². The zero-order valence-corrected chi connectivity index (χ0v) is 13.5. The first-order chi connectivity index (χ1) is 10.5. The maximum Gasteiger partial charge on any atom is 0.242 e. The van der Waals surface area contributed by atoms with Crippen LogP contribution in [-0.2, 0) is 9.53 Å². The minimum absolute atomic E-state index is 0.0278. The molecule has 1 aliphatic heterocycles. The molecule has 1 aromatic rings. The molecule has 0 aliphatic carbocycles. The van der Waals surface area contributed by atoms with Crippen LogP contribution in [0.4, 0.5) is 11.4 Å². The van der Waals surface area contributed by atoms with Gasteiger partial charge in [-0.25, -0.2) is 0 Å². The predicted octanol–water partition coefficient (Wildman–Crippen LogP) is 1.57. The Hall–Kier alpha value is -1.79. The molecule has 0 aromatic heterocycles. The van der Waals surface area contributed by atoms with E-state index < -0.39 is 0 Å². The van der Waals surface area contributed by atoms with Gasteiger partial charge in [0, 0.05) is 24.8 Å². The average molecular weight is 307 g/mol. The maximum atomic E-state index is 12.7. The topological polar surface area (TPSA) is 76.8 Å². The molecular formula is C16H25N3O3. The van der Waals surface area contributed by atoms with Crippen LogP contribution in [0.15, 0.2) is 18.2 Å². The average Bonchev–Trinajstić information content (AvgIpc) is 2.50. The van der Waals surface area contributed by atoms with Crippen molar-refractivity contribution in [2.24, 2.45) is 5.92 Å². The molecule has 2 rings (SSSR count). The van der Waals surface area contributed by atoms with Crippen LogP contribution in [0.3, 0.4) is 0 Å². The van der Waals surface area contributed by atoms with Gasteiger partial charge in [0.2, 0.25) is 5.91 Å². The van der Waals surface area contributed by atoms with Crippen LogP contribution in [0.25, 0.3) is 0 Å². The number of morpholine rings is 1. The van der Waals surface area contributed by atoms with E-state index in [-0.39, 0.29) is 17.9 Å². The molecule has 1 heterocycles. The van der Waals surface area contributed by atoms with Crippen LogP contribution in [-0.4, -0.2) is 50.3 Å². The number of nitrogen functional groups attached to an aromatic ring is 1. The Balaban J connectivity index is 2.14. The Morgan fingerprint density at radius 3 is 2.64 bits per heavy atom. The molecule has 0 radical (unpaired) electrons. The van der Waals surface area contributed by atoms with Crippen LogP contribution in [0, 0.1) is 5.92 Å². The van der Waals surface area contributed by atoms with Gasteiger partial charge in [-0.2, -0.15) is 0 Å². The van der Waals surface area contributed by atoms with Crippen LogP contribution in [0.1, 0.15) is 13.8 Å². The Morgan fingerprint density at radius 1 is 1.36 bits per heavy atom. The fourth-order valence-corrected chi connectivity index (χ4v) is 2.76. The maximum absolute atomic E-state index is 12.7. The molecule has 1 atom stereocenters. The van der Waals surface area contributed by atoms with E-state index in [9.17, 15) is 4.79 Å². The number of methoxy groups -OCH3 is 1. The largest absolute Gasteiger partial charge is 0.494 e. The Kier molecular flexibility index (Phi) is 5.63. The van der Waals surface area contributed by atoms with E-state index in [0.717, 1.165) is 13.1 Å². The third kappa shape index (κ3) is 3.90. The number of anilines is 2. The molecule has 6 nitrogen and oxygen atoms in total. The lowest BCUT2D eigenvalue weighted by atomic mass is 10.0. The van der Waals surface area contributed by atoms with Gasteiger partial charge in [-0.15, -0.1) is 0 Å². The SMILES string of the molecule is COc1cc(N)ccc1NC(=O)C(C(C)C)N1CCOCC1. The summed E-state index contributed by atoms with van der Waals surface area (Å²) in [6, 6.07) is 5.03. The second-order valence-corrected chi connectivity index (χ2v) is 5.79. The molecule has 1 amide bonds. The van der Waals surface area contributed by atoms with Crippen LogP contribution < -0.4 is 15.8 Å². The van der Waals surface area contributed by atoms with Gasteiger partial charge in [0.25, 0.3) is 0 Å². The number of benzene rings is 1. The van der Waals surface area contributed by atoms with E-state index >= 15 is 0 Å². The first kappa shape index (κ1) is 16.6. The van der Waals surface area contributed by atoms with Crippen LogP contribution >= 0.6 is 0 Å². The molecule has 6 heteroatoms. The molecule has 0 saturated carbocycles. The summed E-state index contributed by atoms with van der Waals surface area (Å²) < 4.78 is 10.7. The van der Waals surface area contributed by atoms with Crippen molar-refractivity contribution in [1.82, 2.24) is 4.90 Å². The summed E-state index contributed by atoms with van der Waals surface area (Å²) in [6.45, 7) is 6.99. The number of nitrogens with zero attached hydrogens (tertiary/aromatic N) is 1. The highest BCUT2D eigenvalue weighted by Crippen LogP contribution is 2.27. The number of amides is 1. The molecule has 1 unspecified atom stereocenters. The normalized spacial score (nSPS) is 17.3. The molecular weight excluding hydrogens is 282 g/mol. The molecule has 1 aromatic carbocycles. The van der Waals surface area contributed by atoms with Crippen LogP contribution in [0.5, 0.6) is 5.75 Å². The summed E-state index contributed by atoms with van der Waals surface area (Å²) >= 11 is 0. The second-order valence-electron chi connectivity index (χ2n) is 5.79. The van der Waals surface area contributed by atoms with Crippen LogP contribution in [0.2, 0.25) is 0 Å². The highest BCUT2D eigenvalue weighted by Gasteiger charge is 2.30. The lowest BCUT2D eigenvalue weighted by molar-refractivity contribution is -0.124. The van der Waals surface area contributed by atoms with E-state index in [2.05, 4.69) is 24.1 Å². The summed E-state index contributed by atoms with van der Waals surface area (Å²) in [5.74, 6) is 0.746. The van der Waals surface area contributed by atoms with Crippen molar-refractivity contribution < 1.29 is 14.3 Å². The third-order valence-corrected chi connectivity index (χ3v) is 3.82. The number of nitrogens with two attached hydrogens (primary N) is 1. The second kappa shape index (κ2) is 7.47. The predicted molar refractivity (Wildman–Crippen MR) is 87.1 cm³/mol. The lowest BCUT2D eigenvalue weighted by Gasteiger charge is -2.35. The molecule has 1 saturated heterocycles. The molecule has 22 heavy (non-hydrogen) atoms. The monoisotopic (exact) mass is 307 g/mol. The minimum atomic E-state index is -0.189. The van der Waals surface area contributed by atoms with Crippen molar-refractivity contribution in [3.05, 3.63) is 18.2 Å². The van der Waals surface area contributed by atoms with Gasteiger partial charge in [-0.05, 0) is 18.1 Å². The standard InChI is InChI=1S/C16H25N3O3/c1-11(2)15(19-6-8-22-9-7-19)16(20)18-13-5-4-12(17)10-14(13)21-3/h4-5,10-11,15H,6-9,17H2,1-3H3,(H,18,20). The minimum Gasteiger partial charge on any atom is -0.494 e. The first-order valence-corrected chi connectivity index (χ1v) is 7.59. The number of hydrogen-bond acceptors (Lipinski definition) is 5. The quantitative estimate of drug-likeness (QED) is 0.808. The molecule has 1 aliphatic rings. The Bertz CT molecular complexity index is 513. The third-order valence-electron chi connectivity index (χ3n) is 3.82. The van der Waals surface area contributed by atoms with Gasteiger partial charge < -0.3 is 20.5 Å². The first-order valence-electron chi connectivity index (χ1n) is 7.59. The zero-order valence-electron chi connectivity index (χ0n) is 13.5. The fourth-order valence-electron chi connectivity index (χ4n) is 2.76. The van der Waals surface area contributed by atoms with Gasteiger partial charge >= 0.3 is 0 Å². The van der Waals surface area contributed by atoms with Crippen molar-refractivity contribution in [1.29, 1.82) is 0 Å². The molecule has 122 valence electrons. The van der Waals surface area contributed by atoms with Crippen molar-refractivity contribution in [3.63, 3.8) is 0 Å². The Morgan fingerprint density at radius 2 is 2.05 bits per heavy atom. The van der Waals surface area contributed by atoms with Crippen molar-refractivity contribution in [3.8, 4) is 5.75 Å². The number of ether oxygens (including phenoxy) is 2. The van der Waals surface area contributed by atoms with Gasteiger partial charge in [0.1, 0.15) is 5.75 Å². The fraction of sp³-hybridized carbons (Fsp3) is 0.562. The van der Waals surface area contributed by atoms with E-state index in [1.54, 1.807) is 25.3 Å². The molecule has 1 fully saturated rings. The number of hydrogen-bond donors (Lipinski definition) is 2. The number of carbonyl (C=O) groups is 1. The number of nitrogens with one attached hydrogen (secondary N) is 1. The number of carbonyl (C=O) groups excluding carboxylic acids is 1. The zero-order chi connectivity index (χ0) is 16.1. The van der Waals surface area contributed by atoms with Crippen molar-refractivity contribution in [2.75, 3.05) is 44.5 Å². The smallest absolute Gasteiger partial charge is 0.242 e. The van der Waals surface area contributed by atoms with E-state index in [0.29, 0.717) is 30.3 Å². The molecule has 0 bridgehead atoms. The summed E-state index contributed by atoms with van der Waals surface area (Å²) in [4.78, 5) is 14.9. The summed E-state index contributed by atoms with van der Waals surface area (Å²) in [5.41, 5.74) is 6.98. The summed E-state index contributed by atoms with van der Waals surface area (Å²) in [7, 11) is 1.56. The summed E-state index contributed by atoms with van der Waals surface area (Å²) in [6.07, 6.45) is 0. The Labute approximate surface area is 131 Å². The summed E-state index contributed by atoms with van der Waals surface area (Å²) in [5, 5.41) is 2.97. The van der Waals surface area contributed by atoms with Gasteiger partial charge in [0.05, 0.1) is 32.1 Å². The highest BCUT2D eigenvalue weighted by molar-refractivity contribution is 5.96. The molecule has 0 spiro atoms. The van der Waals surface area contributed by atoms with Crippen molar-refractivity contribution in [2.45, 2.75) is 19.9 Å². The number of rotatable bonds is 5. The van der Waals surface area contributed by atoms with E-state index in [4.69, 9.17) is 15.2 Å². The molecule has 3 N–H and O–H groups in total. The van der Waals surface area contributed by atoms with Gasteiger partial charge in [-0.3, -0.25) is 9.69 Å². The van der Waals surface area contributed by atoms with E-state index in [1.165, 1.54) is 0 Å². The van der Waals surface area contributed by atoms with Gasteiger partial charge in [-0.1, -0.05) is 13.8 Å². The highest BCUT2D eigenvalue weighted by atomic mass is 16.5. The van der Waals surface area contributed by atoms with Crippen molar-refractivity contribution >= 4 is 17.3 Å². The van der Waals surface area contributed by atoms with E-state index in [1.807, 2.05) is 0 Å².